The van der Waals surface area contributed by atoms with Gasteiger partial charge in [0.25, 0.3) is 0 Å². The predicted molar refractivity (Wildman–Crippen MR) is 78.5 cm³/mol. The number of carbonyl (C=O) groups excluding carboxylic acids is 2. The molecular formula is C16H16N2O3. The molecule has 5 nitrogen and oxygen atoms in total. The van der Waals surface area contributed by atoms with Crippen molar-refractivity contribution in [2.45, 2.75) is 13.8 Å². The van der Waals surface area contributed by atoms with Gasteiger partial charge in [-0.05, 0) is 37.3 Å². The molecule has 0 aliphatic heterocycles. The number of ether oxygens (including phenoxy) is 1. The highest BCUT2D eigenvalue weighted by molar-refractivity contribution is 5.99. The number of amides is 1. The van der Waals surface area contributed by atoms with E-state index in [4.69, 9.17) is 4.74 Å². The smallest absolute Gasteiger partial charge is 0.219 e. The summed E-state index contributed by atoms with van der Waals surface area (Å²) in [4.78, 5) is 26.8. The minimum Gasteiger partial charge on any atom is -0.439 e. The van der Waals surface area contributed by atoms with Crippen molar-refractivity contribution in [3.05, 3.63) is 53.7 Å². The molecule has 5 heteroatoms. The first-order valence-electron chi connectivity index (χ1n) is 6.54. The number of aryl methyl sites for hydroxylation is 1. The molecule has 1 heterocycles. The molecule has 108 valence electrons. The molecule has 0 atom stereocenters. The van der Waals surface area contributed by atoms with E-state index in [0.29, 0.717) is 17.2 Å². The topological polar surface area (TPSA) is 68.3 Å². The van der Waals surface area contributed by atoms with E-state index in [9.17, 15) is 9.59 Å². The first-order chi connectivity index (χ1) is 10.0. The van der Waals surface area contributed by atoms with Crippen molar-refractivity contribution in [2.24, 2.45) is 0 Å². The third kappa shape index (κ3) is 4.42. The van der Waals surface area contributed by atoms with Crippen LogP contribution in [-0.2, 0) is 4.79 Å². The third-order valence-corrected chi connectivity index (χ3v) is 2.76. The highest BCUT2D eigenvalue weighted by atomic mass is 16.5. The minimum atomic E-state index is -0.228. The number of benzene rings is 1. The summed E-state index contributed by atoms with van der Waals surface area (Å²) < 4.78 is 5.60. The Morgan fingerprint density at radius 2 is 1.86 bits per heavy atom. The van der Waals surface area contributed by atoms with Gasteiger partial charge in [0.05, 0.1) is 6.54 Å². The van der Waals surface area contributed by atoms with Crippen LogP contribution in [0.3, 0.4) is 0 Å². The highest BCUT2D eigenvalue weighted by Gasteiger charge is 2.07. The lowest BCUT2D eigenvalue weighted by atomic mass is 10.1. The van der Waals surface area contributed by atoms with Gasteiger partial charge in [0.1, 0.15) is 5.75 Å². The summed E-state index contributed by atoms with van der Waals surface area (Å²) in [5.41, 5.74) is 1.39. The largest absolute Gasteiger partial charge is 0.439 e. The molecule has 0 aliphatic rings. The number of carbonyl (C=O) groups is 2. The number of pyridine rings is 1. The fourth-order valence-electron chi connectivity index (χ4n) is 1.71. The van der Waals surface area contributed by atoms with Crippen LogP contribution in [-0.4, -0.2) is 23.2 Å². The van der Waals surface area contributed by atoms with Gasteiger partial charge in [-0.15, -0.1) is 0 Å². The zero-order valence-corrected chi connectivity index (χ0v) is 11.9. The van der Waals surface area contributed by atoms with E-state index in [1.54, 1.807) is 30.3 Å². The summed E-state index contributed by atoms with van der Waals surface area (Å²) in [6, 6.07) is 12.2. The Balaban J connectivity index is 2.01. The number of aromatic nitrogens is 1. The quantitative estimate of drug-likeness (QED) is 0.857. The fourth-order valence-corrected chi connectivity index (χ4v) is 1.71. The van der Waals surface area contributed by atoms with Crippen molar-refractivity contribution < 1.29 is 14.3 Å². The fraction of sp³-hybridized carbons (Fsp3) is 0.188. The predicted octanol–water partition coefficient (Wildman–Crippen LogP) is 2.50. The molecule has 0 saturated carbocycles. The average molecular weight is 284 g/mol. The summed E-state index contributed by atoms with van der Waals surface area (Å²) in [5, 5.41) is 2.47. The maximum Gasteiger partial charge on any atom is 0.219 e. The summed E-state index contributed by atoms with van der Waals surface area (Å²) in [5.74, 6) is 0.732. The van der Waals surface area contributed by atoms with Crippen molar-refractivity contribution in [1.82, 2.24) is 10.3 Å². The molecule has 1 aromatic heterocycles. The van der Waals surface area contributed by atoms with Crippen LogP contribution in [0.2, 0.25) is 0 Å². The molecule has 1 aromatic carbocycles. The number of nitrogens with one attached hydrogen (secondary N) is 1. The van der Waals surface area contributed by atoms with E-state index in [1.807, 2.05) is 19.1 Å². The van der Waals surface area contributed by atoms with Crippen molar-refractivity contribution in [2.75, 3.05) is 6.54 Å². The maximum atomic E-state index is 11.8. The molecule has 2 aromatic rings. The third-order valence-electron chi connectivity index (χ3n) is 2.76. The van der Waals surface area contributed by atoms with E-state index in [1.165, 1.54) is 6.92 Å². The zero-order valence-electron chi connectivity index (χ0n) is 11.9. The van der Waals surface area contributed by atoms with E-state index in [2.05, 4.69) is 10.3 Å². The number of ketones is 1. The van der Waals surface area contributed by atoms with Gasteiger partial charge in [-0.3, -0.25) is 9.59 Å². The molecule has 0 aliphatic carbocycles. The van der Waals surface area contributed by atoms with E-state index < -0.39 is 0 Å². The SMILES string of the molecule is CC(=O)NCC(=O)c1ccc(Oc2cccc(C)n2)cc1. The molecule has 1 amide bonds. The van der Waals surface area contributed by atoms with Gasteiger partial charge in [-0.25, -0.2) is 4.98 Å². The average Bonchev–Trinajstić information content (AvgIpc) is 2.45. The van der Waals surface area contributed by atoms with Gasteiger partial charge in [0.2, 0.25) is 11.8 Å². The summed E-state index contributed by atoms with van der Waals surface area (Å²) in [6.45, 7) is 3.25. The van der Waals surface area contributed by atoms with Crippen molar-refractivity contribution in [3.63, 3.8) is 0 Å². The van der Waals surface area contributed by atoms with Crippen LogP contribution in [0.4, 0.5) is 0 Å². The molecule has 0 radical (unpaired) electrons. The van der Waals surface area contributed by atoms with E-state index in [-0.39, 0.29) is 18.2 Å². The number of rotatable bonds is 5. The molecular weight excluding hydrogens is 268 g/mol. The number of hydrogen-bond donors (Lipinski definition) is 1. The van der Waals surface area contributed by atoms with Crippen LogP contribution in [0.15, 0.2) is 42.5 Å². The van der Waals surface area contributed by atoms with Crippen molar-refractivity contribution in [3.8, 4) is 11.6 Å². The van der Waals surface area contributed by atoms with E-state index in [0.717, 1.165) is 5.69 Å². The van der Waals surface area contributed by atoms with Gasteiger partial charge >= 0.3 is 0 Å². The Bertz CT molecular complexity index is 651. The summed E-state index contributed by atoms with van der Waals surface area (Å²) >= 11 is 0. The monoisotopic (exact) mass is 284 g/mol. The van der Waals surface area contributed by atoms with Gasteiger partial charge < -0.3 is 10.1 Å². The Morgan fingerprint density at radius 1 is 1.14 bits per heavy atom. The van der Waals surface area contributed by atoms with Crippen LogP contribution in [0.1, 0.15) is 23.0 Å². The molecule has 21 heavy (non-hydrogen) atoms. The zero-order chi connectivity index (χ0) is 15.2. The van der Waals surface area contributed by atoms with Gasteiger partial charge in [0.15, 0.2) is 5.78 Å². The van der Waals surface area contributed by atoms with Crippen LogP contribution >= 0.6 is 0 Å². The summed E-state index contributed by atoms with van der Waals surface area (Å²) in [6.07, 6.45) is 0. The molecule has 0 fully saturated rings. The van der Waals surface area contributed by atoms with Crippen LogP contribution in [0.25, 0.3) is 0 Å². The Hall–Kier alpha value is -2.69. The lowest BCUT2D eigenvalue weighted by Crippen LogP contribution is -2.27. The van der Waals surface area contributed by atoms with Crippen molar-refractivity contribution in [1.29, 1.82) is 0 Å². The maximum absolute atomic E-state index is 11.8. The number of hydrogen-bond acceptors (Lipinski definition) is 4. The molecule has 0 spiro atoms. The Labute approximate surface area is 123 Å². The highest BCUT2D eigenvalue weighted by Crippen LogP contribution is 2.20. The lowest BCUT2D eigenvalue weighted by molar-refractivity contribution is -0.118. The van der Waals surface area contributed by atoms with Gasteiger partial charge in [0, 0.05) is 24.2 Å². The standard InChI is InChI=1S/C16H16N2O3/c1-11-4-3-5-16(18-11)21-14-8-6-13(7-9-14)15(20)10-17-12(2)19/h3-9H,10H2,1-2H3,(H,17,19). The van der Waals surface area contributed by atoms with Crippen LogP contribution in [0, 0.1) is 6.92 Å². The Morgan fingerprint density at radius 3 is 2.48 bits per heavy atom. The van der Waals surface area contributed by atoms with Gasteiger partial charge in [-0.2, -0.15) is 0 Å². The minimum absolute atomic E-state index is 0.00499. The first-order valence-corrected chi connectivity index (χ1v) is 6.54. The molecule has 1 N–H and O–H groups in total. The second-order valence-corrected chi connectivity index (χ2v) is 4.58. The molecule has 0 unspecified atom stereocenters. The second-order valence-electron chi connectivity index (χ2n) is 4.58. The first kappa shape index (κ1) is 14.7. The van der Waals surface area contributed by atoms with Gasteiger partial charge in [-0.1, -0.05) is 6.07 Å². The van der Waals surface area contributed by atoms with E-state index >= 15 is 0 Å². The number of Topliss-reactive ketones (excluding diaryl/α,β-unsaturated/α-hetero) is 1. The summed E-state index contributed by atoms with van der Waals surface area (Å²) in [7, 11) is 0. The van der Waals surface area contributed by atoms with Crippen LogP contribution < -0.4 is 10.1 Å². The van der Waals surface area contributed by atoms with Crippen molar-refractivity contribution >= 4 is 11.7 Å². The molecule has 0 saturated heterocycles. The normalized spacial score (nSPS) is 10.0. The lowest BCUT2D eigenvalue weighted by Gasteiger charge is -2.06. The second kappa shape index (κ2) is 6.65. The van der Waals surface area contributed by atoms with Crippen LogP contribution in [0.5, 0.6) is 11.6 Å². The number of nitrogens with zero attached hydrogens (tertiary/aromatic N) is 1. The molecule has 2 rings (SSSR count). The molecule has 0 bridgehead atoms. The Kier molecular flexibility index (Phi) is 4.66.